The number of halogens is 2. The Morgan fingerprint density at radius 2 is 2.00 bits per heavy atom. The van der Waals surface area contributed by atoms with Crippen molar-refractivity contribution < 1.29 is 23.8 Å². The van der Waals surface area contributed by atoms with Crippen molar-refractivity contribution in [3.8, 4) is 0 Å². The molecule has 7 heteroatoms. The summed E-state index contributed by atoms with van der Waals surface area (Å²) in [6.45, 7) is -0.0533. The molecule has 2 N–H and O–H groups in total. The Bertz CT molecular complexity index is 751. The molecule has 5 nitrogen and oxygen atoms in total. The van der Waals surface area contributed by atoms with Crippen molar-refractivity contribution in [1.82, 2.24) is 0 Å². The second kappa shape index (κ2) is 8.42. The summed E-state index contributed by atoms with van der Waals surface area (Å²) in [4.78, 5) is 22.6. The fourth-order valence-corrected chi connectivity index (χ4v) is 2.04. The van der Waals surface area contributed by atoms with Crippen molar-refractivity contribution in [3.63, 3.8) is 0 Å². The van der Waals surface area contributed by atoms with Gasteiger partial charge >= 0.3 is 5.97 Å². The van der Waals surface area contributed by atoms with Gasteiger partial charge in [0.2, 0.25) is 0 Å². The number of benzene rings is 2. The van der Waals surface area contributed by atoms with E-state index in [-0.39, 0.29) is 36.1 Å². The highest BCUT2D eigenvalue weighted by Gasteiger charge is 2.06. The minimum atomic E-state index is -1.04. The van der Waals surface area contributed by atoms with E-state index < -0.39 is 11.8 Å². The number of rotatable bonds is 8. The van der Waals surface area contributed by atoms with Gasteiger partial charge in [0.15, 0.2) is 5.78 Å². The molecule has 0 atom stereocenters. The number of hydrogen-bond acceptors (Lipinski definition) is 4. The average molecular weight is 352 g/mol. The third-order valence-electron chi connectivity index (χ3n) is 3.11. The molecule has 0 unspecified atom stereocenters. The second-order valence-corrected chi connectivity index (χ2v) is 5.43. The van der Waals surface area contributed by atoms with E-state index in [0.29, 0.717) is 11.3 Å². The van der Waals surface area contributed by atoms with E-state index in [0.717, 1.165) is 0 Å². The Balaban J connectivity index is 1.76. The summed E-state index contributed by atoms with van der Waals surface area (Å²) in [5.41, 5.74) is 1.24. The van der Waals surface area contributed by atoms with Crippen LogP contribution >= 0.6 is 11.6 Å². The molecule has 0 aromatic heterocycles. The molecule has 0 aliphatic heterocycles. The zero-order valence-corrected chi connectivity index (χ0v) is 13.3. The van der Waals surface area contributed by atoms with Crippen LogP contribution in [0.4, 0.5) is 10.1 Å². The second-order valence-electron chi connectivity index (χ2n) is 5.02. The van der Waals surface area contributed by atoms with E-state index >= 15 is 0 Å². The predicted octanol–water partition coefficient (Wildman–Crippen LogP) is 3.38. The highest BCUT2D eigenvalue weighted by Crippen LogP contribution is 2.16. The van der Waals surface area contributed by atoms with Gasteiger partial charge in [-0.2, -0.15) is 0 Å². The molecule has 2 rings (SSSR count). The average Bonchev–Trinajstić information content (AvgIpc) is 2.56. The van der Waals surface area contributed by atoms with Crippen LogP contribution in [0.1, 0.15) is 15.9 Å². The van der Waals surface area contributed by atoms with Crippen LogP contribution < -0.4 is 5.32 Å². The summed E-state index contributed by atoms with van der Waals surface area (Å²) in [5.74, 6) is -1.79. The van der Waals surface area contributed by atoms with Crippen molar-refractivity contribution >= 4 is 29.0 Å². The molecule has 24 heavy (non-hydrogen) atoms. The van der Waals surface area contributed by atoms with Crippen molar-refractivity contribution in [2.75, 3.05) is 18.5 Å². The zero-order chi connectivity index (χ0) is 17.5. The lowest BCUT2D eigenvalue weighted by atomic mass is 10.2. The normalized spacial score (nSPS) is 10.4. The molecule has 0 radical (unpaired) electrons. The molecular weight excluding hydrogens is 337 g/mol. The zero-order valence-electron chi connectivity index (χ0n) is 12.6. The van der Waals surface area contributed by atoms with Crippen molar-refractivity contribution in [2.24, 2.45) is 0 Å². The first-order valence-corrected chi connectivity index (χ1v) is 7.44. The maximum atomic E-state index is 13.3. The topological polar surface area (TPSA) is 75.6 Å². The van der Waals surface area contributed by atoms with Gasteiger partial charge in [0.05, 0.1) is 23.7 Å². The van der Waals surface area contributed by atoms with E-state index in [1.165, 1.54) is 24.3 Å². The SMILES string of the molecule is O=C(CNc1cccc(C(=O)O)c1)COCc1ccc(Cl)c(F)c1. The maximum absolute atomic E-state index is 13.3. The predicted molar refractivity (Wildman–Crippen MR) is 88.0 cm³/mol. The van der Waals surface area contributed by atoms with Crippen molar-refractivity contribution in [2.45, 2.75) is 6.61 Å². The summed E-state index contributed by atoms with van der Waals surface area (Å²) in [5, 5.41) is 11.8. The monoisotopic (exact) mass is 351 g/mol. The molecule has 0 aliphatic rings. The van der Waals surface area contributed by atoms with E-state index in [4.69, 9.17) is 21.4 Å². The first-order valence-electron chi connectivity index (χ1n) is 7.06. The van der Waals surface area contributed by atoms with Crippen LogP contribution in [-0.4, -0.2) is 30.0 Å². The molecule has 0 aliphatic carbocycles. The molecule has 2 aromatic rings. The van der Waals surface area contributed by atoms with E-state index in [1.807, 2.05) is 0 Å². The molecule has 2 aromatic carbocycles. The lowest BCUT2D eigenvalue weighted by Crippen LogP contribution is -2.19. The Morgan fingerprint density at radius 1 is 1.21 bits per heavy atom. The number of anilines is 1. The number of ketones is 1. The number of carbonyl (C=O) groups excluding carboxylic acids is 1. The number of carboxylic acids is 1. The van der Waals surface area contributed by atoms with Gasteiger partial charge in [-0.15, -0.1) is 0 Å². The summed E-state index contributed by atoms with van der Waals surface area (Å²) in [7, 11) is 0. The highest BCUT2D eigenvalue weighted by molar-refractivity contribution is 6.30. The molecule has 0 fully saturated rings. The van der Waals surface area contributed by atoms with Crippen LogP contribution in [0.3, 0.4) is 0 Å². The lowest BCUT2D eigenvalue weighted by Gasteiger charge is -2.08. The number of aromatic carboxylic acids is 1. The van der Waals surface area contributed by atoms with Gasteiger partial charge in [-0.3, -0.25) is 4.79 Å². The lowest BCUT2D eigenvalue weighted by molar-refractivity contribution is -0.122. The fraction of sp³-hybridized carbons (Fsp3) is 0.176. The van der Waals surface area contributed by atoms with Gasteiger partial charge in [0.1, 0.15) is 12.4 Å². The molecule has 0 saturated carbocycles. The maximum Gasteiger partial charge on any atom is 0.335 e. The molecule has 0 bridgehead atoms. The molecular formula is C17H15ClFNO4. The van der Waals surface area contributed by atoms with Crippen LogP contribution in [0, 0.1) is 5.82 Å². The summed E-state index contributed by atoms with van der Waals surface area (Å²) < 4.78 is 18.5. The number of nitrogens with one attached hydrogen (secondary N) is 1. The van der Waals surface area contributed by atoms with Crippen LogP contribution in [0.5, 0.6) is 0 Å². The van der Waals surface area contributed by atoms with Gasteiger partial charge in [-0.05, 0) is 35.9 Å². The molecule has 0 saturated heterocycles. The Hall–Kier alpha value is -2.44. The van der Waals surface area contributed by atoms with Gasteiger partial charge < -0.3 is 15.2 Å². The molecule has 0 heterocycles. The molecule has 126 valence electrons. The van der Waals surface area contributed by atoms with E-state index in [1.54, 1.807) is 18.2 Å². The van der Waals surface area contributed by atoms with Gasteiger partial charge in [0.25, 0.3) is 0 Å². The molecule has 0 spiro atoms. The Labute approximate surface area is 143 Å². The summed E-state index contributed by atoms with van der Waals surface area (Å²) in [6, 6.07) is 10.4. The van der Waals surface area contributed by atoms with Crippen LogP contribution in [0.15, 0.2) is 42.5 Å². The summed E-state index contributed by atoms with van der Waals surface area (Å²) >= 11 is 5.58. The Morgan fingerprint density at radius 3 is 2.71 bits per heavy atom. The molecule has 0 amide bonds. The third-order valence-corrected chi connectivity index (χ3v) is 3.42. The van der Waals surface area contributed by atoms with Gasteiger partial charge in [-0.25, -0.2) is 9.18 Å². The van der Waals surface area contributed by atoms with E-state index in [2.05, 4.69) is 5.32 Å². The minimum Gasteiger partial charge on any atom is -0.478 e. The number of carbonyl (C=O) groups is 2. The highest BCUT2D eigenvalue weighted by atomic mass is 35.5. The first kappa shape index (κ1) is 17.9. The fourth-order valence-electron chi connectivity index (χ4n) is 1.93. The smallest absolute Gasteiger partial charge is 0.335 e. The van der Waals surface area contributed by atoms with Crippen molar-refractivity contribution in [3.05, 3.63) is 64.4 Å². The summed E-state index contributed by atoms with van der Waals surface area (Å²) in [6.07, 6.45) is 0. The van der Waals surface area contributed by atoms with Crippen LogP contribution in [-0.2, 0) is 16.1 Å². The largest absolute Gasteiger partial charge is 0.478 e. The number of ether oxygens (including phenoxy) is 1. The minimum absolute atomic E-state index is 0.00193. The van der Waals surface area contributed by atoms with Gasteiger partial charge in [-0.1, -0.05) is 23.7 Å². The van der Waals surface area contributed by atoms with Crippen LogP contribution in [0.25, 0.3) is 0 Å². The van der Waals surface area contributed by atoms with Crippen LogP contribution in [0.2, 0.25) is 5.02 Å². The number of Topliss-reactive ketones (excluding diaryl/α,β-unsaturated/α-hetero) is 1. The quantitative estimate of drug-likeness (QED) is 0.762. The number of carboxylic acid groups (broad SMARTS) is 1. The Kier molecular flexibility index (Phi) is 6.28. The van der Waals surface area contributed by atoms with Crippen molar-refractivity contribution in [1.29, 1.82) is 0 Å². The third kappa shape index (κ3) is 5.33. The standard InChI is InChI=1S/C17H15ClFNO4/c18-15-5-4-11(6-16(15)19)9-24-10-14(21)8-20-13-3-1-2-12(7-13)17(22)23/h1-7,20H,8-10H2,(H,22,23). The number of hydrogen-bond donors (Lipinski definition) is 2. The van der Waals surface area contributed by atoms with E-state index in [9.17, 15) is 14.0 Å². The first-order chi connectivity index (χ1) is 11.5. The van der Waals surface area contributed by atoms with Gasteiger partial charge in [0, 0.05) is 5.69 Å².